The third kappa shape index (κ3) is 4.75. The van der Waals surface area contributed by atoms with Crippen LogP contribution in [0, 0.1) is 5.82 Å². The van der Waals surface area contributed by atoms with Gasteiger partial charge in [0.25, 0.3) is 0 Å². The van der Waals surface area contributed by atoms with Gasteiger partial charge in [-0.15, -0.1) is 0 Å². The summed E-state index contributed by atoms with van der Waals surface area (Å²) < 4.78 is 30.6. The lowest BCUT2D eigenvalue weighted by molar-refractivity contribution is -0.130. The first-order valence-electron chi connectivity index (χ1n) is 9.37. The summed E-state index contributed by atoms with van der Waals surface area (Å²) in [5.74, 6) is 0.270. The molecule has 0 saturated carbocycles. The van der Waals surface area contributed by atoms with Crippen molar-refractivity contribution in [1.82, 2.24) is 0 Å². The van der Waals surface area contributed by atoms with Crippen molar-refractivity contribution in [3.63, 3.8) is 0 Å². The monoisotopic (exact) mass is 406 g/mol. The Morgan fingerprint density at radius 2 is 1.57 bits per heavy atom. The van der Waals surface area contributed by atoms with E-state index in [1.165, 1.54) is 6.07 Å². The van der Waals surface area contributed by atoms with Crippen LogP contribution < -0.4 is 9.47 Å². The molecule has 0 radical (unpaired) electrons. The Hall–Kier alpha value is -3.44. The Morgan fingerprint density at radius 3 is 2.17 bits per heavy atom. The van der Waals surface area contributed by atoms with E-state index >= 15 is 0 Å². The molecule has 0 aliphatic rings. The second-order valence-electron chi connectivity index (χ2n) is 6.85. The van der Waals surface area contributed by atoms with Crippen LogP contribution in [0.4, 0.5) is 4.39 Å². The summed E-state index contributed by atoms with van der Waals surface area (Å²) in [5, 5.41) is 0. The van der Waals surface area contributed by atoms with Gasteiger partial charge in [0.05, 0.1) is 13.7 Å². The van der Waals surface area contributed by atoms with Gasteiger partial charge < -0.3 is 14.2 Å². The summed E-state index contributed by atoms with van der Waals surface area (Å²) in [6.45, 7) is 5.53. The van der Waals surface area contributed by atoms with Crippen LogP contribution in [0.15, 0.2) is 72.8 Å². The second kappa shape index (κ2) is 9.37. The average Bonchev–Trinajstić information content (AvgIpc) is 2.74. The number of methoxy groups -OCH3 is 2. The molecule has 0 atom stereocenters. The summed E-state index contributed by atoms with van der Waals surface area (Å²) in [7, 11) is 3.22. The van der Waals surface area contributed by atoms with Crippen LogP contribution in [0.3, 0.4) is 0 Å². The molecule has 3 rings (SSSR count). The van der Waals surface area contributed by atoms with Crippen molar-refractivity contribution in [2.45, 2.75) is 13.5 Å². The number of rotatable bonds is 7. The molecule has 0 saturated heterocycles. The van der Waals surface area contributed by atoms with Crippen LogP contribution >= 0.6 is 0 Å². The van der Waals surface area contributed by atoms with Crippen LogP contribution in [-0.2, 0) is 16.1 Å². The predicted octanol–water partition coefficient (Wildman–Crippen LogP) is 5.80. The average molecular weight is 406 g/mol. The lowest BCUT2D eigenvalue weighted by atomic mass is 9.98. The van der Waals surface area contributed by atoms with E-state index in [0.717, 1.165) is 22.4 Å². The minimum atomic E-state index is -0.495. The van der Waals surface area contributed by atoms with E-state index < -0.39 is 5.97 Å². The highest BCUT2D eigenvalue weighted by Gasteiger charge is 2.11. The lowest BCUT2D eigenvalue weighted by Gasteiger charge is -2.12. The second-order valence-corrected chi connectivity index (χ2v) is 6.85. The highest BCUT2D eigenvalue weighted by Crippen LogP contribution is 2.31. The number of hydrogen-bond acceptors (Lipinski definition) is 4. The lowest BCUT2D eigenvalue weighted by Crippen LogP contribution is -2.07. The van der Waals surface area contributed by atoms with Gasteiger partial charge >= 0.3 is 5.97 Å². The van der Waals surface area contributed by atoms with Crippen molar-refractivity contribution < 1.29 is 23.4 Å². The van der Waals surface area contributed by atoms with Crippen molar-refractivity contribution >= 4 is 5.97 Å². The molecule has 0 aromatic heterocycles. The van der Waals surface area contributed by atoms with Crippen LogP contribution in [0.25, 0.3) is 22.3 Å². The van der Waals surface area contributed by atoms with E-state index in [9.17, 15) is 9.18 Å². The number of benzene rings is 3. The van der Waals surface area contributed by atoms with Crippen LogP contribution in [0.1, 0.15) is 12.5 Å². The molecular weight excluding hydrogens is 383 g/mol. The quantitative estimate of drug-likeness (QED) is 0.283. The summed E-state index contributed by atoms with van der Waals surface area (Å²) in [6, 6.07) is 17.5. The number of carbonyl (C=O) groups excluding carboxylic acids is 1. The highest BCUT2D eigenvalue weighted by atomic mass is 19.1. The number of carbonyl (C=O) groups is 1. The molecule has 3 aromatic rings. The maximum absolute atomic E-state index is 14.9. The Morgan fingerprint density at radius 1 is 0.933 bits per heavy atom. The number of ether oxygens (including phenoxy) is 3. The molecule has 5 heteroatoms. The molecule has 0 amide bonds. The third-order valence-corrected chi connectivity index (χ3v) is 4.61. The maximum Gasteiger partial charge on any atom is 0.338 e. The van der Waals surface area contributed by atoms with Gasteiger partial charge in [0.15, 0.2) is 0 Å². The fourth-order valence-electron chi connectivity index (χ4n) is 3.05. The zero-order valence-electron chi connectivity index (χ0n) is 17.2. The Kier molecular flexibility index (Phi) is 6.65. The molecule has 0 unspecified atom stereocenters. The zero-order chi connectivity index (χ0) is 21.7. The molecule has 0 aliphatic carbocycles. The summed E-state index contributed by atoms with van der Waals surface area (Å²) >= 11 is 0. The van der Waals surface area contributed by atoms with Gasteiger partial charge in [-0.2, -0.15) is 0 Å². The van der Waals surface area contributed by atoms with E-state index in [0.29, 0.717) is 29.1 Å². The zero-order valence-corrected chi connectivity index (χ0v) is 17.2. The normalized spacial score (nSPS) is 10.5. The van der Waals surface area contributed by atoms with Gasteiger partial charge in [-0.05, 0) is 53.9 Å². The van der Waals surface area contributed by atoms with E-state index in [2.05, 4.69) is 6.58 Å². The molecule has 3 aromatic carbocycles. The number of hydrogen-bond donors (Lipinski definition) is 0. The van der Waals surface area contributed by atoms with Crippen LogP contribution in [0.2, 0.25) is 0 Å². The minimum Gasteiger partial charge on any atom is -0.496 e. The van der Waals surface area contributed by atoms with Crippen LogP contribution in [-0.4, -0.2) is 20.2 Å². The van der Waals surface area contributed by atoms with Crippen LogP contribution in [0.5, 0.6) is 11.5 Å². The fourth-order valence-corrected chi connectivity index (χ4v) is 3.05. The van der Waals surface area contributed by atoms with Crippen molar-refractivity contribution in [2.24, 2.45) is 0 Å². The molecule has 0 bridgehead atoms. The molecule has 30 heavy (non-hydrogen) atoms. The topological polar surface area (TPSA) is 44.8 Å². The standard InChI is InChI=1S/C25H23FO4/c1-16(2)25(27)30-21-9-5-17(6-10-21)22-11-7-19(14-23(22)26)18-8-12-24(29-4)20(13-18)15-28-3/h5-14H,1,15H2,2-4H3. The third-order valence-electron chi connectivity index (χ3n) is 4.61. The Labute approximate surface area is 175 Å². The molecule has 0 spiro atoms. The first kappa shape index (κ1) is 21.3. The SMILES string of the molecule is C=C(C)C(=O)Oc1ccc(-c2ccc(-c3ccc(OC)c(COC)c3)cc2F)cc1. The van der Waals surface area contributed by atoms with E-state index in [1.54, 1.807) is 51.5 Å². The Balaban J connectivity index is 1.86. The number of halogens is 1. The van der Waals surface area contributed by atoms with Gasteiger partial charge in [-0.25, -0.2) is 9.18 Å². The predicted molar refractivity (Wildman–Crippen MR) is 115 cm³/mol. The van der Waals surface area contributed by atoms with E-state index in [-0.39, 0.29) is 5.82 Å². The van der Waals surface area contributed by atoms with E-state index in [1.807, 2.05) is 24.3 Å². The van der Waals surface area contributed by atoms with Gasteiger partial charge in [-0.1, -0.05) is 36.9 Å². The summed E-state index contributed by atoms with van der Waals surface area (Å²) in [6.07, 6.45) is 0. The van der Waals surface area contributed by atoms with Crippen molar-refractivity contribution in [3.8, 4) is 33.8 Å². The fraction of sp³-hybridized carbons (Fsp3) is 0.160. The summed E-state index contributed by atoms with van der Waals surface area (Å²) in [4.78, 5) is 11.6. The summed E-state index contributed by atoms with van der Waals surface area (Å²) in [5.41, 5.74) is 3.97. The number of esters is 1. The Bertz CT molecular complexity index is 1070. The molecule has 0 N–H and O–H groups in total. The maximum atomic E-state index is 14.9. The first-order chi connectivity index (χ1) is 14.4. The highest BCUT2D eigenvalue weighted by molar-refractivity contribution is 5.88. The van der Waals surface area contributed by atoms with Crippen molar-refractivity contribution in [1.29, 1.82) is 0 Å². The molecule has 154 valence electrons. The molecule has 0 aliphatic heterocycles. The van der Waals surface area contributed by atoms with Gasteiger partial charge in [-0.3, -0.25) is 0 Å². The van der Waals surface area contributed by atoms with E-state index in [4.69, 9.17) is 14.2 Å². The van der Waals surface area contributed by atoms with Gasteiger partial charge in [0.1, 0.15) is 17.3 Å². The molecule has 0 heterocycles. The van der Waals surface area contributed by atoms with Crippen molar-refractivity contribution in [3.05, 3.63) is 84.2 Å². The largest absolute Gasteiger partial charge is 0.496 e. The smallest absolute Gasteiger partial charge is 0.338 e. The van der Waals surface area contributed by atoms with Crippen molar-refractivity contribution in [2.75, 3.05) is 14.2 Å². The van der Waals surface area contributed by atoms with Gasteiger partial charge in [0, 0.05) is 23.8 Å². The molecular formula is C25H23FO4. The molecule has 0 fully saturated rings. The van der Waals surface area contributed by atoms with Gasteiger partial charge in [0.2, 0.25) is 0 Å². The first-order valence-corrected chi connectivity index (χ1v) is 9.37. The minimum absolute atomic E-state index is 0.313. The molecule has 4 nitrogen and oxygen atoms in total.